The minimum Gasteiger partial charge on any atom is -0.342 e. The van der Waals surface area contributed by atoms with Crippen LogP contribution in [0.15, 0.2) is 53.4 Å². The second-order valence-electron chi connectivity index (χ2n) is 4.33. The number of carbonyl (C=O) groups excluding carboxylic acids is 1. The van der Waals surface area contributed by atoms with Crippen molar-refractivity contribution in [2.75, 3.05) is 0 Å². The van der Waals surface area contributed by atoms with Gasteiger partial charge >= 0.3 is 0 Å². The molecule has 2 rings (SSSR count). The second kappa shape index (κ2) is 6.78. The Morgan fingerprint density at radius 3 is 2.35 bits per heavy atom. The molecule has 0 aliphatic carbocycles. The fourth-order valence-corrected chi connectivity index (χ4v) is 2.73. The summed E-state index contributed by atoms with van der Waals surface area (Å²) in [6, 6.07) is 17.5. The Hall–Kier alpha value is -2.25. The summed E-state index contributed by atoms with van der Waals surface area (Å²) in [6.07, 6.45) is 0.698. The van der Waals surface area contributed by atoms with Gasteiger partial charge in [-0.05, 0) is 36.8 Å². The molecule has 0 saturated carbocycles. The monoisotopic (exact) mass is 282 g/mol. The molecule has 0 aliphatic heterocycles. The van der Waals surface area contributed by atoms with Gasteiger partial charge in [0.15, 0.2) is 0 Å². The molecule has 0 radical (unpaired) electrons. The van der Waals surface area contributed by atoms with E-state index in [0.717, 1.165) is 10.5 Å². The normalized spacial score (nSPS) is 11.4. The lowest BCUT2D eigenvalue weighted by Crippen LogP contribution is -2.16. The van der Waals surface area contributed by atoms with Crippen LogP contribution in [-0.2, 0) is 4.79 Å². The second-order valence-corrected chi connectivity index (χ2v) is 5.51. The highest BCUT2D eigenvalue weighted by Crippen LogP contribution is 2.32. The van der Waals surface area contributed by atoms with E-state index in [1.807, 2.05) is 43.3 Å². The van der Waals surface area contributed by atoms with Crippen LogP contribution in [0.3, 0.4) is 0 Å². The van der Waals surface area contributed by atoms with Crippen LogP contribution in [0.1, 0.15) is 22.1 Å². The maximum absolute atomic E-state index is 10.8. The van der Waals surface area contributed by atoms with Gasteiger partial charge in [0.25, 0.3) is 0 Å². The van der Waals surface area contributed by atoms with E-state index < -0.39 is 0 Å². The number of nitrogens with one attached hydrogen (secondary N) is 1. The lowest BCUT2D eigenvalue weighted by atomic mass is 10.1. The average Bonchev–Trinajstić information content (AvgIpc) is 2.49. The summed E-state index contributed by atoms with van der Waals surface area (Å²) in [4.78, 5) is 11.9. The van der Waals surface area contributed by atoms with Crippen LogP contribution in [0.2, 0.25) is 0 Å². The third-order valence-corrected chi connectivity index (χ3v) is 4.03. The minimum absolute atomic E-state index is 0.164. The van der Waals surface area contributed by atoms with E-state index >= 15 is 0 Å². The van der Waals surface area contributed by atoms with Gasteiger partial charge in [0.05, 0.1) is 11.6 Å². The molecule has 0 fully saturated rings. The van der Waals surface area contributed by atoms with Gasteiger partial charge in [-0.25, -0.2) is 0 Å². The van der Waals surface area contributed by atoms with Crippen LogP contribution >= 0.6 is 11.8 Å². The molecule has 2 aromatic carbocycles. The van der Waals surface area contributed by atoms with Gasteiger partial charge in [-0.1, -0.05) is 41.6 Å². The maximum Gasteiger partial charge on any atom is 0.208 e. The minimum atomic E-state index is -0.164. The van der Waals surface area contributed by atoms with Crippen molar-refractivity contribution in [2.24, 2.45) is 0 Å². The number of amides is 1. The van der Waals surface area contributed by atoms with Crippen LogP contribution in [0.4, 0.5) is 0 Å². The Bertz CT molecular complexity index is 614. The van der Waals surface area contributed by atoms with Gasteiger partial charge in [0.2, 0.25) is 6.41 Å². The zero-order valence-electron chi connectivity index (χ0n) is 11.0. The quantitative estimate of drug-likeness (QED) is 0.519. The number of thioether (sulfide) groups is 1. The Balaban J connectivity index is 2.19. The van der Waals surface area contributed by atoms with Crippen LogP contribution in [-0.4, -0.2) is 6.41 Å². The lowest BCUT2D eigenvalue weighted by molar-refractivity contribution is -0.109. The Labute approximate surface area is 122 Å². The molecule has 0 spiro atoms. The summed E-state index contributed by atoms with van der Waals surface area (Å²) in [5, 5.41) is 11.4. The summed E-state index contributed by atoms with van der Waals surface area (Å²) in [5.41, 5.74) is 2.77. The molecule has 4 heteroatoms. The zero-order valence-corrected chi connectivity index (χ0v) is 11.9. The van der Waals surface area contributed by atoms with Gasteiger partial charge < -0.3 is 5.32 Å². The predicted molar refractivity (Wildman–Crippen MR) is 80.1 cm³/mol. The number of carbonyl (C=O) groups is 1. The summed E-state index contributed by atoms with van der Waals surface area (Å²) in [6.45, 7) is 2.04. The fraction of sp³-hybridized carbons (Fsp3) is 0.125. The molecule has 1 amide bonds. The highest BCUT2D eigenvalue weighted by Gasteiger charge is 2.12. The van der Waals surface area contributed by atoms with E-state index in [-0.39, 0.29) is 5.37 Å². The molecule has 1 N–H and O–H groups in total. The zero-order chi connectivity index (χ0) is 14.4. The SMILES string of the molecule is Cc1ccc(SC(NC=O)c2ccc(C#N)cc2)cc1. The molecule has 0 bridgehead atoms. The van der Waals surface area contributed by atoms with Crippen molar-refractivity contribution in [3.05, 3.63) is 65.2 Å². The number of nitriles is 1. The highest BCUT2D eigenvalue weighted by molar-refractivity contribution is 7.99. The number of rotatable bonds is 5. The number of aryl methyl sites for hydroxylation is 1. The number of benzene rings is 2. The molecule has 2 aromatic rings. The van der Waals surface area contributed by atoms with Crippen molar-refractivity contribution < 1.29 is 4.79 Å². The molecule has 100 valence electrons. The third kappa shape index (κ3) is 3.62. The Morgan fingerprint density at radius 2 is 1.80 bits per heavy atom. The maximum atomic E-state index is 10.8. The topological polar surface area (TPSA) is 52.9 Å². The van der Waals surface area contributed by atoms with Crippen LogP contribution < -0.4 is 5.32 Å². The van der Waals surface area contributed by atoms with E-state index in [9.17, 15) is 4.79 Å². The Kier molecular flexibility index (Phi) is 4.80. The first kappa shape index (κ1) is 14.2. The predicted octanol–water partition coefficient (Wildman–Crippen LogP) is 3.40. The number of nitrogens with zero attached hydrogens (tertiary/aromatic N) is 1. The summed E-state index contributed by atoms with van der Waals surface area (Å²) in [7, 11) is 0. The van der Waals surface area contributed by atoms with E-state index in [4.69, 9.17) is 5.26 Å². The molecule has 1 unspecified atom stereocenters. The van der Waals surface area contributed by atoms with Crippen LogP contribution in [0.25, 0.3) is 0 Å². The molecule has 0 saturated heterocycles. The molecule has 0 heterocycles. The van der Waals surface area contributed by atoms with E-state index in [1.54, 1.807) is 23.9 Å². The molecule has 0 aromatic heterocycles. The molecule has 1 atom stereocenters. The summed E-state index contributed by atoms with van der Waals surface area (Å²) < 4.78 is 0. The van der Waals surface area contributed by atoms with Crippen molar-refractivity contribution in [3.63, 3.8) is 0 Å². The van der Waals surface area contributed by atoms with Crippen LogP contribution in [0, 0.1) is 18.3 Å². The molecule has 0 aliphatic rings. The van der Waals surface area contributed by atoms with Crippen LogP contribution in [0.5, 0.6) is 0 Å². The molecule has 20 heavy (non-hydrogen) atoms. The molecular weight excluding hydrogens is 268 g/mol. The largest absolute Gasteiger partial charge is 0.342 e. The summed E-state index contributed by atoms with van der Waals surface area (Å²) >= 11 is 1.56. The fourth-order valence-electron chi connectivity index (χ4n) is 1.75. The Morgan fingerprint density at radius 1 is 1.15 bits per heavy atom. The molecule has 3 nitrogen and oxygen atoms in total. The number of hydrogen-bond acceptors (Lipinski definition) is 3. The van der Waals surface area contributed by atoms with E-state index in [0.29, 0.717) is 12.0 Å². The standard InChI is InChI=1S/C16H14N2OS/c1-12-2-8-15(9-3-12)20-16(18-11-19)14-6-4-13(10-17)5-7-14/h2-9,11,16H,1H3,(H,18,19). The first-order chi connectivity index (χ1) is 9.72. The van der Waals surface area contributed by atoms with Crippen molar-refractivity contribution in [1.82, 2.24) is 5.32 Å². The number of hydrogen-bond donors (Lipinski definition) is 1. The van der Waals surface area contributed by atoms with Crippen molar-refractivity contribution in [1.29, 1.82) is 5.26 Å². The van der Waals surface area contributed by atoms with Gasteiger partial charge in [-0.2, -0.15) is 5.26 Å². The molecular formula is C16H14N2OS. The van der Waals surface area contributed by atoms with Crippen molar-refractivity contribution >= 4 is 18.2 Å². The van der Waals surface area contributed by atoms with E-state index in [2.05, 4.69) is 11.4 Å². The van der Waals surface area contributed by atoms with Crippen molar-refractivity contribution in [3.8, 4) is 6.07 Å². The first-order valence-corrected chi connectivity index (χ1v) is 7.04. The lowest BCUT2D eigenvalue weighted by Gasteiger charge is -2.16. The third-order valence-electron chi connectivity index (χ3n) is 2.84. The first-order valence-electron chi connectivity index (χ1n) is 6.16. The van der Waals surface area contributed by atoms with Gasteiger partial charge in [-0.3, -0.25) is 4.79 Å². The van der Waals surface area contributed by atoms with Gasteiger partial charge in [0.1, 0.15) is 5.37 Å². The van der Waals surface area contributed by atoms with E-state index in [1.165, 1.54) is 5.56 Å². The van der Waals surface area contributed by atoms with Crippen molar-refractivity contribution in [2.45, 2.75) is 17.2 Å². The smallest absolute Gasteiger partial charge is 0.208 e. The summed E-state index contributed by atoms with van der Waals surface area (Å²) in [5.74, 6) is 0. The van der Waals surface area contributed by atoms with Gasteiger partial charge in [-0.15, -0.1) is 0 Å². The highest BCUT2D eigenvalue weighted by atomic mass is 32.2. The average molecular weight is 282 g/mol. The van der Waals surface area contributed by atoms with Gasteiger partial charge in [0, 0.05) is 4.90 Å².